The van der Waals surface area contributed by atoms with Crippen molar-refractivity contribution < 1.29 is 4.11 Å². The molecule has 0 N–H and O–H groups in total. The Kier molecular flexibility index (Phi) is 8.95. The number of benzene rings is 6. The summed E-state index contributed by atoms with van der Waals surface area (Å²) in [6.07, 6.45) is 6.71. The third-order valence-corrected chi connectivity index (χ3v) is 18.8. The molecule has 0 fully saturated rings. The lowest BCUT2D eigenvalue weighted by Crippen LogP contribution is -2.62. The molecule has 6 aromatic carbocycles. The maximum absolute atomic E-state index is 9.24. The van der Waals surface area contributed by atoms with Crippen LogP contribution < -0.4 is 26.2 Å². The van der Waals surface area contributed by atoms with Crippen molar-refractivity contribution in [3.63, 3.8) is 0 Å². The van der Waals surface area contributed by atoms with Crippen molar-refractivity contribution in [3.8, 4) is 0 Å². The Morgan fingerprint density at radius 3 is 1.50 bits per heavy atom. The van der Waals surface area contributed by atoms with Gasteiger partial charge in [0.2, 0.25) is 0 Å². The Hall–Kier alpha value is -5.02. The maximum Gasteiger partial charge on any atom is 0.252 e. The summed E-state index contributed by atoms with van der Waals surface area (Å²) in [5, 5.41) is 0. The molecule has 2 heterocycles. The Bertz CT molecular complexity index is 3200. The minimum absolute atomic E-state index is 0.0206. The largest absolute Gasteiger partial charge is 0.311 e. The highest BCUT2D eigenvalue weighted by atomic mass is 15.2. The zero-order chi connectivity index (χ0) is 51.0. The van der Waals surface area contributed by atoms with Crippen LogP contribution in [0.1, 0.15) is 195 Å². The van der Waals surface area contributed by atoms with Gasteiger partial charge in [0.25, 0.3) is 6.71 Å². The smallest absolute Gasteiger partial charge is 0.252 e. The minimum atomic E-state index is -2.36. The van der Waals surface area contributed by atoms with Gasteiger partial charge in [0, 0.05) is 43.7 Å². The lowest BCUT2D eigenvalue weighted by atomic mass is 9.33. The number of fused-ring (bicyclic) bond motifs is 7. The fraction of sp³-hybridized carbons (Fsp3) is 0.446. The SMILES string of the molecule is [2H]C([2H])([2H])c1cc2c3c(c1)N(c1cc4c(cc1C)C(C)(C)CCC4(C)C)c1cc4c(cc1B3c1cc(C(C)(C)c3ccccc3)ccc1N2c1ccc2c(c1)C(C)(C)CCC2(C)C)C(C)(C)CCC4(C)C. The van der Waals surface area contributed by atoms with Gasteiger partial charge in [-0.3, -0.25) is 0 Å². The Morgan fingerprint density at radius 2 is 0.926 bits per heavy atom. The van der Waals surface area contributed by atoms with Crippen molar-refractivity contribution in [1.29, 1.82) is 0 Å². The summed E-state index contributed by atoms with van der Waals surface area (Å²) in [5.41, 5.74) is 22.4. The predicted octanol–water partition coefficient (Wildman–Crippen LogP) is 15.8. The first-order chi connectivity index (χ1) is 32.9. The topological polar surface area (TPSA) is 6.48 Å². The van der Waals surface area contributed by atoms with Crippen LogP contribution in [0.5, 0.6) is 0 Å². The van der Waals surface area contributed by atoms with E-state index in [0.29, 0.717) is 5.56 Å². The molecule has 2 nitrogen and oxygen atoms in total. The molecule has 0 bridgehead atoms. The number of hydrogen-bond donors (Lipinski definition) is 0. The summed E-state index contributed by atoms with van der Waals surface area (Å²) in [6, 6.07) is 39.6. The van der Waals surface area contributed by atoms with E-state index in [2.05, 4.69) is 211 Å². The van der Waals surface area contributed by atoms with E-state index in [1.807, 2.05) is 6.07 Å². The highest BCUT2D eigenvalue weighted by Crippen LogP contribution is 2.55. The fourth-order valence-corrected chi connectivity index (χ4v) is 13.7. The van der Waals surface area contributed by atoms with Gasteiger partial charge < -0.3 is 9.80 Å². The maximum atomic E-state index is 9.24. The van der Waals surface area contributed by atoms with E-state index in [-0.39, 0.29) is 44.6 Å². The Labute approximate surface area is 415 Å². The van der Waals surface area contributed by atoms with Crippen LogP contribution >= 0.6 is 0 Å². The van der Waals surface area contributed by atoms with E-state index in [0.717, 1.165) is 67.0 Å². The van der Waals surface area contributed by atoms with Crippen LogP contribution in [0.15, 0.2) is 103 Å². The number of rotatable bonds is 4. The van der Waals surface area contributed by atoms with Gasteiger partial charge in [-0.1, -0.05) is 158 Å². The van der Waals surface area contributed by atoms with Gasteiger partial charge in [-0.25, -0.2) is 0 Å². The van der Waals surface area contributed by atoms with Gasteiger partial charge in [0.15, 0.2) is 0 Å². The average Bonchev–Trinajstić information content (AvgIpc) is 3.30. The lowest BCUT2D eigenvalue weighted by Gasteiger charge is -2.48. The summed E-state index contributed by atoms with van der Waals surface area (Å²) < 4.78 is 27.7. The molecule has 350 valence electrons. The van der Waals surface area contributed by atoms with Crippen molar-refractivity contribution in [2.24, 2.45) is 0 Å². The van der Waals surface area contributed by atoms with Gasteiger partial charge in [0.1, 0.15) is 0 Å². The zero-order valence-electron chi connectivity index (χ0n) is 47.0. The van der Waals surface area contributed by atoms with Crippen LogP contribution in [0.3, 0.4) is 0 Å². The highest BCUT2D eigenvalue weighted by molar-refractivity contribution is 7.00. The molecule has 0 amide bonds. The molecule has 5 aliphatic rings. The van der Waals surface area contributed by atoms with Gasteiger partial charge >= 0.3 is 0 Å². The molecule has 0 aromatic heterocycles. The fourth-order valence-electron chi connectivity index (χ4n) is 13.7. The summed E-state index contributed by atoms with van der Waals surface area (Å²) in [7, 11) is 0. The van der Waals surface area contributed by atoms with E-state index in [1.54, 1.807) is 0 Å². The van der Waals surface area contributed by atoms with Gasteiger partial charge in [0.05, 0.1) is 0 Å². The third-order valence-electron chi connectivity index (χ3n) is 18.8. The molecule has 0 atom stereocenters. The van der Waals surface area contributed by atoms with Crippen LogP contribution in [0.4, 0.5) is 34.1 Å². The second-order valence-corrected chi connectivity index (χ2v) is 26.5. The van der Waals surface area contributed by atoms with E-state index in [4.69, 9.17) is 0 Å². The van der Waals surface area contributed by atoms with E-state index < -0.39 is 6.85 Å². The van der Waals surface area contributed by atoms with Crippen molar-refractivity contribution in [2.75, 3.05) is 9.80 Å². The van der Waals surface area contributed by atoms with Crippen LogP contribution in [-0.4, -0.2) is 6.71 Å². The predicted molar refractivity (Wildman–Crippen MR) is 294 cm³/mol. The summed E-state index contributed by atoms with van der Waals surface area (Å²) in [6.45, 7) is 33.5. The highest BCUT2D eigenvalue weighted by Gasteiger charge is 2.48. The molecule has 3 heteroatoms. The normalized spacial score (nSPS) is 21.5. The second-order valence-electron chi connectivity index (χ2n) is 26.5. The van der Waals surface area contributed by atoms with E-state index >= 15 is 0 Å². The van der Waals surface area contributed by atoms with E-state index in [1.165, 1.54) is 72.1 Å². The molecule has 0 unspecified atom stereocenters. The summed E-state index contributed by atoms with van der Waals surface area (Å²) in [5.74, 6) is 0. The molecule has 68 heavy (non-hydrogen) atoms. The first-order valence-corrected chi connectivity index (χ1v) is 25.9. The Balaban J connectivity index is 1.29. The number of hydrogen-bond acceptors (Lipinski definition) is 2. The van der Waals surface area contributed by atoms with Gasteiger partial charge in [-0.05, 0) is 199 Å². The molecule has 0 saturated heterocycles. The van der Waals surface area contributed by atoms with Crippen molar-refractivity contribution in [3.05, 3.63) is 159 Å². The van der Waals surface area contributed by atoms with Crippen LogP contribution in [0, 0.1) is 13.8 Å². The third kappa shape index (κ3) is 6.63. The molecule has 11 rings (SSSR count). The zero-order valence-corrected chi connectivity index (χ0v) is 44.0. The minimum Gasteiger partial charge on any atom is -0.311 e. The summed E-state index contributed by atoms with van der Waals surface area (Å²) >= 11 is 0. The van der Waals surface area contributed by atoms with Crippen molar-refractivity contribution >= 4 is 57.2 Å². The monoisotopic (exact) mass is 900 g/mol. The molecular weight excluding hydrogens is 820 g/mol. The van der Waals surface area contributed by atoms with Crippen LogP contribution in [-0.2, 0) is 37.9 Å². The molecule has 0 spiro atoms. The number of anilines is 6. The van der Waals surface area contributed by atoms with Crippen molar-refractivity contribution in [1.82, 2.24) is 0 Å². The standard InChI is InChI=1S/C65H77BN2/c1-40-32-56-58-57(33-40)68(54-38-49-46(34-41(54)2)60(5,6)28-30-63(49,11)12)55-39-50-48(62(9,10)29-31-64(50,13)14)37-52(55)66(58)51-35-43(65(15,16)42-20-18-17-19-21-42)22-25-53(51)67(56)44-23-24-45-47(36-44)61(7,8)27-26-59(45,3)4/h17-25,32-39H,26-31H2,1-16H3/i1D3. The molecule has 6 aromatic rings. The average molecular weight is 900 g/mol. The van der Waals surface area contributed by atoms with E-state index in [9.17, 15) is 4.11 Å². The molecule has 2 aliphatic heterocycles. The second kappa shape index (κ2) is 14.5. The van der Waals surface area contributed by atoms with Gasteiger partial charge in [-0.2, -0.15) is 0 Å². The van der Waals surface area contributed by atoms with Gasteiger partial charge in [-0.15, -0.1) is 0 Å². The number of nitrogens with zero attached hydrogens (tertiary/aromatic N) is 2. The Morgan fingerprint density at radius 1 is 0.441 bits per heavy atom. The van der Waals surface area contributed by atoms with Crippen LogP contribution in [0.25, 0.3) is 0 Å². The lowest BCUT2D eigenvalue weighted by molar-refractivity contribution is 0.331. The van der Waals surface area contributed by atoms with Crippen LogP contribution in [0.2, 0.25) is 0 Å². The molecular formula is C65H77BN2. The first-order valence-electron chi connectivity index (χ1n) is 27.4. The first kappa shape index (κ1) is 41.9. The quantitative estimate of drug-likeness (QED) is 0.162. The molecule has 0 saturated carbocycles. The number of aryl methyl sites for hydroxylation is 2. The molecule has 3 aliphatic carbocycles. The van der Waals surface area contributed by atoms with Crippen molar-refractivity contribution in [2.45, 2.75) is 187 Å². The molecule has 0 radical (unpaired) electrons. The summed E-state index contributed by atoms with van der Waals surface area (Å²) in [4.78, 5) is 4.99.